The summed E-state index contributed by atoms with van der Waals surface area (Å²) in [6.45, 7) is 5.65. The highest BCUT2D eigenvalue weighted by atomic mass is 32.2. The molecule has 0 bridgehead atoms. The number of hydrogen-bond acceptors (Lipinski definition) is 6. The van der Waals surface area contributed by atoms with E-state index < -0.39 is 16.1 Å². The molecule has 9 heteroatoms. The van der Waals surface area contributed by atoms with E-state index in [1.165, 1.54) is 12.1 Å². The van der Waals surface area contributed by atoms with Crippen LogP contribution < -0.4 is 19.5 Å². The van der Waals surface area contributed by atoms with Crippen LogP contribution in [0.4, 0.5) is 0 Å². The second kappa shape index (κ2) is 11.0. The third kappa shape index (κ3) is 6.69. The van der Waals surface area contributed by atoms with Crippen LogP contribution in [0.3, 0.4) is 0 Å². The monoisotopic (exact) mass is 475 g/mol. The summed E-state index contributed by atoms with van der Waals surface area (Å²) in [7, 11) is 0.0144. The molecule has 2 N–H and O–H groups in total. The number of benzene rings is 2. The number of rotatable bonds is 9. The predicted octanol–water partition coefficient (Wildman–Crippen LogP) is 2.53. The van der Waals surface area contributed by atoms with Gasteiger partial charge in [0.05, 0.1) is 18.1 Å². The van der Waals surface area contributed by atoms with E-state index >= 15 is 0 Å². The van der Waals surface area contributed by atoms with E-state index in [1.54, 1.807) is 19.9 Å². The van der Waals surface area contributed by atoms with E-state index in [1.807, 2.05) is 38.4 Å². The fraction of sp³-hybridized carbons (Fsp3) is 0.458. The molecule has 1 aliphatic rings. The first-order valence-corrected chi connectivity index (χ1v) is 12.6. The fourth-order valence-electron chi connectivity index (χ4n) is 3.56. The maximum atomic E-state index is 13.1. The number of fused-ring (bicyclic) bond motifs is 1. The van der Waals surface area contributed by atoms with Gasteiger partial charge in [0, 0.05) is 25.6 Å². The molecule has 33 heavy (non-hydrogen) atoms. The molecule has 3 rings (SSSR count). The van der Waals surface area contributed by atoms with Crippen molar-refractivity contribution in [1.82, 2.24) is 14.9 Å². The fourth-order valence-corrected chi connectivity index (χ4v) is 4.91. The van der Waals surface area contributed by atoms with E-state index in [2.05, 4.69) is 14.9 Å². The van der Waals surface area contributed by atoms with Gasteiger partial charge in [0.1, 0.15) is 6.04 Å². The topological polar surface area (TPSA) is 97.0 Å². The number of sulfonamides is 1. The van der Waals surface area contributed by atoms with Gasteiger partial charge >= 0.3 is 0 Å². The third-order valence-corrected chi connectivity index (χ3v) is 6.76. The van der Waals surface area contributed by atoms with Gasteiger partial charge in [-0.05, 0) is 43.3 Å². The highest BCUT2D eigenvalue weighted by Gasteiger charge is 2.29. The molecular formula is C24H33N3O5S. The van der Waals surface area contributed by atoms with E-state index in [-0.39, 0.29) is 16.7 Å². The second-order valence-electron chi connectivity index (χ2n) is 8.73. The number of amides is 1. The lowest BCUT2D eigenvalue weighted by molar-refractivity contribution is -0.123. The largest absolute Gasteiger partial charge is 0.490 e. The van der Waals surface area contributed by atoms with Gasteiger partial charge in [0.15, 0.2) is 11.5 Å². The molecule has 0 aliphatic carbocycles. The molecule has 1 heterocycles. The third-order valence-electron chi connectivity index (χ3n) is 5.32. The Bertz CT molecular complexity index is 1070. The summed E-state index contributed by atoms with van der Waals surface area (Å²) >= 11 is 0. The van der Waals surface area contributed by atoms with E-state index in [0.29, 0.717) is 31.3 Å². The van der Waals surface area contributed by atoms with Crippen LogP contribution in [0, 0.1) is 5.92 Å². The lowest BCUT2D eigenvalue weighted by Crippen LogP contribution is -2.49. The number of nitrogens with one attached hydrogen (secondary N) is 2. The summed E-state index contributed by atoms with van der Waals surface area (Å²) in [5.74, 6) is 0.277. The Labute approximate surface area is 196 Å². The zero-order valence-electron chi connectivity index (χ0n) is 19.6. The van der Waals surface area contributed by atoms with Crippen molar-refractivity contribution in [2.24, 2.45) is 5.92 Å². The number of hydrogen-bond donors (Lipinski definition) is 2. The molecule has 2 aromatic rings. The van der Waals surface area contributed by atoms with Crippen molar-refractivity contribution >= 4 is 15.9 Å². The van der Waals surface area contributed by atoms with E-state index in [9.17, 15) is 13.2 Å². The van der Waals surface area contributed by atoms with Gasteiger partial charge in [0.2, 0.25) is 15.9 Å². The Morgan fingerprint density at radius 2 is 1.70 bits per heavy atom. The van der Waals surface area contributed by atoms with E-state index in [4.69, 9.17) is 9.47 Å². The van der Waals surface area contributed by atoms with E-state index in [0.717, 1.165) is 24.1 Å². The molecule has 0 spiro atoms. The minimum absolute atomic E-state index is 0.0292. The van der Waals surface area contributed by atoms with Crippen LogP contribution in [0.15, 0.2) is 47.4 Å². The molecule has 0 aromatic heterocycles. The first-order chi connectivity index (χ1) is 15.7. The maximum Gasteiger partial charge on any atom is 0.241 e. The van der Waals surface area contributed by atoms with Crippen LogP contribution in [0.25, 0.3) is 0 Å². The van der Waals surface area contributed by atoms with Crippen molar-refractivity contribution in [3.8, 4) is 11.5 Å². The first kappa shape index (κ1) is 25.0. The average molecular weight is 476 g/mol. The normalized spacial score (nSPS) is 14.7. The van der Waals surface area contributed by atoms with Gasteiger partial charge in [0.25, 0.3) is 0 Å². The van der Waals surface area contributed by atoms with Gasteiger partial charge in [-0.2, -0.15) is 4.72 Å². The van der Waals surface area contributed by atoms with Crippen molar-refractivity contribution in [1.29, 1.82) is 0 Å². The van der Waals surface area contributed by atoms with Gasteiger partial charge in [-0.1, -0.05) is 38.1 Å². The molecule has 1 amide bonds. The van der Waals surface area contributed by atoms with Crippen LogP contribution in [0.2, 0.25) is 0 Å². The molecule has 0 saturated heterocycles. The highest BCUT2D eigenvalue weighted by molar-refractivity contribution is 7.89. The lowest BCUT2D eigenvalue weighted by atomic mass is 10.0. The summed E-state index contributed by atoms with van der Waals surface area (Å²) in [5.41, 5.74) is 2.10. The number of carbonyl (C=O) groups excluding carboxylic acids is 1. The first-order valence-electron chi connectivity index (χ1n) is 11.1. The van der Waals surface area contributed by atoms with Crippen LogP contribution >= 0.6 is 0 Å². The average Bonchev–Trinajstić information content (AvgIpc) is 3.01. The van der Waals surface area contributed by atoms with Gasteiger partial charge in [-0.3, -0.25) is 4.79 Å². The lowest BCUT2D eigenvalue weighted by Gasteiger charge is -2.22. The number of ether oxygens (including phenoxy) is 2. The number of carbonyl (C=O) groups is 1. The maximum absolute atomic E-state index is 13.1. The smallest absolute Gasteiger partial charge is 0.241 e. The Kier molecular flexibility index (Phi) is 8.34. The van der Waals surface area contributed by atoms with Crippen LogP contribution in [-0.2, 0) is 27.9 Å². The highest BCUT2D eigenvalue weighted by Crippen LogP contribution is 2.32. The van der Waals surface area contributed by atoms with Gasteiger partial charge < -0.3 is 19.7 Å². The summed E-state index contributed by atoms with van der Waals surface area (Å²) in [6.07, 6.45) is 0.724. The standard InChI is InChI=1S/C24H33N3O5S/c1-17(2)23(24(28)25-15-18-8-5-6-9-19(18)16-27(3)4)26-33(29,30)20-10-11-21-22(14-20)32-13-7-12-31-21/h5-6,8-11,14,17,23,26H,7,12-13,15-16H2,1-4H3,(H,25,28). The zero-order valence-corrected chi connectivity index (χ0v) is 20.4. The molecule has 1 aliphatic heterocycles. The molecule has 8 nitrogen and oxygen atoms in total. The summed E-state index contributed by atoms with van der Waals surface area (Å²) < 4.78 is 39.9. The summed E-state index contributed by atoms with van der Waals surface area (Å²) in [5, 5.41) is 2.90. The molecule has 180 valence electrons. The Balaban J connectivity index is 1.73. The zero-order chi connectivity index (χ0) is 24.0. The molecule has 0 fully saturated rings. The summed E-state index contributed by atoms with van der Waals surface area (Å²) in [4.78, 5) is 15.1. The Morgan fingerprint density at radius 1 is 1.03 bits per heavy atom. The molecule has 0 radical (unpaired) electrons. The van der Waals surface area contributed by atoms with Crippen molar-refractivity contribution < 1.29 is 22.7 Å². The molecule has 2 aromatic carbocycles. The molecule has 1 unspecified atom stereocenters. The molecular weight excluding hydrogens is 442 g/mol. The van der Waals surface area contributed by atoms with Crippen molar-refractivity contribution in [3.63, 3.8) is 0 Å². The second-order valence-corrected chi connectivity index (χ2v) is 10.4. The number of nitrogens with zero attached hydrogens (tertiary/aromatic N) is 1. The SMILES string of the molecule is CC(C)C(NS(=O)(=O)c1ccc2c(c1)OCCCO2)C(=O)NCc1ccccc1CN(C)C. The minimum Gasteiger partial charge on any atom is -0.490 e. The molecule has 0 saturated carbocycles. The van der Waals surface area contributed by atoms with Crippen LogP contribution in [-0.4, -0.2) is 52.6 Å². The predicted molar refractivity (Wildman–Crippen MR) is 127 cm³/mol. The molecule has 1 atom stereocenters. The van der Waals surface area contributed by atoms with Crippen molar-refractivity contribution in [2.75, 3.05) is 27.3 Å². The van der Waals surface area contributed by atoms with Gasteiger partial charge in [-0.15, -0.1) is 0 Å². The quantitative estimate of drug-likeness (QED) is 0.579. The van der Waals surface area contributed by atoms with Gasteiger partial charge in [-0.25, -0.2) is 8.42 Å². The summed E-state index contributed by atoms with van der Waals surface area (Å²) in [6, 6.07) is 11.4. The van der Waals surface area contributed by atoms with Crippen molar-refractivity contribution in [2.45, 2.75) is 44.3 Å². The Morgan fingerprint density at radius 3 is 2.36 bits per heavy atom. The Hall–Kier alpha value is -2.62. The minimum atomic E-state index is -3.95. The van der Waals surface area contributed by atoms with Crippen molar-refractivity contribution in [3.05, 3.63) is 53.6 Å². The van der Waals surface area contributed by atoms with Crippen LogP contribution in [0.1, 0.15) is 31.4 Å². The van der Waals surface area contributed by atoms with Crippen LogP contribution in [0.5, 0.6) is 11.5 Å².